The Hall–Kier alpha value is -2.75. The van der Waals surface area contributed by atoms with E-state index in [-0.39, 0.29) is 43.4 Å². The fraction of sp³-hybridized carbons (Fsp3) is 0.273. The molecule has 1 saturated heterocycles. The van der Waals surface area contributed by atoms with Gasteiger partial charge in [-0.25, -0.2) is 17.8 Å². The summed E-state index contributed by atoms with van der Waals surface area (Å²) in [7, 11) is -3.94. The lowest BCUT2D eigenvalue weighted by molar-refractivity contribution is -0.132. The normalized spacial score (nSPS) is 15.1. The van der Waals surface area contributed by atoms with Crippen molar-refractivity contribution in [2.45, 2.75) is 17.7 Å². The lowest BCUT2D eigenvalue weighted by Crippen LogP contribution is -2.50. The van der Waals surface area contributed by atoms with Crippen molar-refractivity contribution in [3.05, 3.63) is 71.5 Å². The first-order chi connectivity index (χ1) is 15.4. The van der Waals surface area contributed by atoms with E-state index in [1.165, 1.54) is 22.5 Å². The van der Waals surface area contributed by atoms with E-state index in [9.17, 15) is 17.6 Å². The highest BCUT2D eigenvalue weighted by Crippen LogP contribution is 2.28. The Labute approximate surface area is 190 Å². The van der Waals surface area contributed by atoms with E-state index >= 15 is 0 Å². The van der Waals surface area contributed by atoms with Gasteiger partial charge < -0.3 is 9.32 Å². The van der Waals surface area contributed by atoms with Crippen LogP contribution >= 0.6 is 11.6 Å². The highest BCUT2D eigenvalue weighted by molar-refractivity contribution is 7.89. The van der Waals surface area contributed by atoms with Gasteiger partial charge in [0.1, 0.15) is 10.7 Å². The van der Waals surface area contributed by atoms with Crippen LogP contribution in [0.15, 0.2) is 64.0 Å². The standard InChI is InChI=1S/C22H21ClFN3O4S/c23-17-6-2-1-5-16(17)19-15-25-21(31-19)9-10-22(28)26-11-13-27(14-12-26)32(29,30)20-8-4-3-7-18(20)24/h1-8,15H,9-14H2. The third-order valence-electron chi connectivity index (χ3n) is 5.29. The highest BCUT2D eigenvalue weighted by atomic mass is 35.5. The molecule has 168 valence electrons. The maximum Gasteiger partial charge on any atom is 0.246 e. The molecule has 1 aliphatic heterocycles. The fourth-order valence-electron chi connectivity index (χ4n) is 3.55. The van der Waals surface area contributed by atoms with Crippen molar-refractivity contribution < 1.29 is 22.0 Å². The predicted octanol–water partition coefficient (Wildman–Crippen LogP) is 3.60. The number of rotatable bonds is 6. The molecule has 2 heterocycles. The van der Waals surface area contributed by atoms with E-state index in [0.29, 0.717) is 23.1 Å². The molecule has 0 bridgehead atoms. The molecule has 0 saturated carbocycles. The molecular weight excluding hydrogens is 457 g/mol. The number of sulfonamides is 1. The summed E-state index contributed by atoms with van der Waals surface area (Å²) in [5.41, 5.74) is 0.728. The predicted molar refractivity (Wildman–Crippen MR) is 117 cm³/mol. The van der Waals surface area contributed by atoms with Gasteiger partial charge in [0, 0.05) is 44.6 Å². The molecule has 3 aromatic rings. The number of nitrogens with zero attached hydrogens (tertiary/aromatic N) is 3. The first-order valence-electron chi connectivity index (χ1n) is 10.1. The minimum atomic E-state index is -3.94. The SMILES string of the molecule is O=C(CCc1ncc(-c2ccccc2Cl)o1)N1CCN(S(=O)(=O)c2ccccc2F)CC1. The largest absolute Gasteiger partial charge is 0.441 e. The Balaban J connectivity index is 1.32. The van der Waals surface area contributed by atoms with E-state index in [0.717, 1.165) is 11.6 Å². The van der Waals surface area contributed by atoms with Gasteiger partial charge in [-0.1, -0.05) is 35.9 Å². The summed E-state index contributed by atoms with van der Waals surface area (Å²) >= 11 is 6.17. The topological polar surface area (TPSA) is 83.7 Å². The quantitative estimate of drug-likeness (QED) is 0.541. The number of hydrogen-bond acceptors (Lipinski definition) is 5. The third kappa shape index (κ3) is 4.69. The lowest BCUT2D eigenvalue weighted by Gasteiger charge is -2.34. The average molecular weight is 478 g/mol. The minimum Gasteiger partial charge on any atom is -0.441 e. The zero-order valence-electron chi connectivity index (χ0n) is 17.1. The van der Waals surface area contributed by atoms with Crippen molar-refractivity contribution in [3.8, 4) is 11.3 Å². The summed E-state index contributed by atoms with van der Waals surface area (Å²) in [5, 5.41) is 0.550. The van der Waals surface area contributed by atoms with Crippen LogP contribution in [0.4, 0.5) is 4.39 Å². The van der Waals surface area contributed by atoms with Crippen molar-refractivity contribution in [2.75, 3.05) is 26.2 Å². The summed E-state index contributed by atoms with van der Waals surface area (Å²) in [6.45, 7) is 0.697. The molecule has 0 N–H and O–H groups in total. The van der Waals surface area contributed by atoms with Crippen molar-refractivity contribution in [1.29, 1.82) is 0 Å². The molecule has 0 radical (unpaired) electrons. The van der Waals surface area contributed by atoms with Crippen molar-refractivity contribution >= 4 is 27.5 Å². The summed E-state index contributed by atoms with van der Waals surface area (Å²) in [6.07, 6.45) is 2.08. The number of aryl methyl sites for hydroxylation is 1. The first kappa shape index (κ1) is 22.4. The molecule has 0 atom stereocenters. The number of carbonyl (C=O) groups is 1. The molecular formula is C22H21ClFN3O4S. The lowest BCUT2D eigenvalue weighted by atomic mass is 10.2. The van der Waals surface area contributed by atoms with Gasteiger partial charge in [-0.05, 0) is 24.3 Å². The Kier molecular flexibility index (Phi) is 6.59. The Morgan fingerprint density at radius 1 is 1.06 bits per heavy atom. The molecule has 0 unspecified atom stereocenters. The van der Waals surface area contributed by atoms with Crippen molar-refractivity contribution in [2.24, 2.45) is 0 Å². The summed E-state index contributed by atoms with van der Waals surface area (Å²) in [4.78, 5) is 18.1. The molecule has 1 aromatic heterocycles. The number of hydrogen-bond donors (Lipinski definition) is 0. The molecule has 0 spiro atoms. The molecule has 2 aromatic carbocycles. The van der Waals surface area contributed by atoms with Crippen molar-refractivity contribution in [3.63, 3.8) is 0 Å². The van der Waals surface area contributed by atoms with Crippen LogP contribution in [0.1, 0.15) is 12.3 Å². The molecule has 1 amide bonds. The van der Waals surface area contributed by atoms with Gasteiger partial charge >= 0.3 is 0 Å². The minimum absolute atomic E-state index is 0.109. The summed E-state index contributed by atoms with van der Waals surface area (Å²) in [5.74, 6) is 0.0533. The number of oxazole rings is 1. The zero-order valence-corrected chi connectivity index (χ0v) is 18.7. The number of benzene rings is 2. The first-order valence-corrected chi connectivity index (χ1v) is 11.9. The van der Waals surface area contributed by atoms with Crippen LogP contribution in [-0.2, 0) is 21.2 Å². The van der Waals surface area contributed by atoms with Crippen LogP contribution in [0, 0.1) is 5.82 Å². The second-order valence-corrected chi connectivity index (χ2v) is 9.63. The van der Waals surface area contributed by atoms with Gasteiger partial charge in [0.15, 0.2) is 11.7 Å². The summed E-state index contributed by atoms with van der Waals surface area (Å²) in [6, 6.07) is 12.5. The molecule has 1 aliphatic rings. The van der Waals surface area contributed by atoms with E-state index in [4.69, 9.17) is 16.0 Å². The molecule has 0 aliphatic carbocycles. The van der Waals surface area contributed by atoms with Crippen LogP contribution in [-0.4, -0.2) is 54.7 Å². The van der Waals surface area contributed by atoms with Gasteiger partial charge in [0.2, 0.25) is 15.9 Å². The van der Waals surface area contributed by atoms with Crippen molar-refractivity contribution in [1.82, 2.24) is 14.2 Å². The molecule has 7 nitrogen and oxygen atoms in total. The smallest absolute Gasteiger partial charge is 0.246 e. The third-order valence-corrected chi connectivity index (χ3v) is 7.55. The van der Waals surface area contributed by atoms with Gasteiger partial charge in [0.05, 0.1) is 11.2 Å². The Morgan fingerprint density at radius 2 is 1.75 bits per heavy atom. The van der Waals surface area contributed by atoms with Gasteiger partial charge in [0.25, 0.3) is 0 Å². The maximum absolute atomic E-state index is 13.9. The molecule has 32 heavy (non-hydrogen) atoms. The van der Waals surface area contributed by atoms with Crippen LogP contribution in [0.2, 0.25) is 5.02 Å². The van der Waals surface area contributed by atoms with Crippen LogP contribution < -0.4 is 0 Å². The van der Waals surface area contributed by atoms with E-state index in [1.54, 1.807) is 17.2 Å². The zero-order chi connectivity index (χ0) is 22.7. The maximum atomic E-state index is 13.9. The van der Waals surface area contributed by atoms with E-state index in [1.807, 2.05) is 18.2 Å². The second-order valence-electron chi connectivity index (χ2n) is 7.31. The molecule has 10 heteroatoms. The van der Waals surface area contributed by atoms with E-state index in [2.05, 4.69) is 4.98 Å². The number of amides is 1. The molecule has 4 rings (SSSR count). The van der Waals surface area contributed by atoms with Gasteiger partial charge in [-0.15, -0.1) is 0 Å². The Bertz CT molecular complexity index is 1220. The highest BCUT2D eigenvalue weighted by Gasteiger charge is 2.31. The van der Waals surface area contributed by atoms with Crippen LogP contribution in [0.25, 0.3) is 11.3 Å². The second kappa shape index (κ2) is 9.40. The van der Waals surface area contributed by atoms with Gasteiger partial charge in [-0.2, -0.15) is 4.31 Å². The van der Waals surface area contributed by atoms with E-state index < -0.39 is 15.8 Å². The summed E-state index contributed by atoms with van der Waals surface area (Å²) < 4.78 is 46.3. The number of aromatic nitrogens is 1. The number of piperazine rings is 1. The average Bonchev–Trinajstić information content (AvgIpc) is 3.27. The van der Waals surface area contributed by atoms with Gasteiger partial charge in [-0.3, -0.25) is 4.79 Å². The number of carbonyl (C=O) groups excluding carboxylic acids is 1. The fourth-order valence-corrected chi connectivity index (χ4v) is 5.27. The number of halogens is 2. The monoisotopic (exact) mass is 477 g/mol. The molecule has 1 fully saturated rings. The van der Waals surface area contributed by atoms with Crippen LogP contribution in [0.3, 0.4) is 0 Å². The van der Waals surface area contributed by atoms with Crippen LogP contribution in [0.5, 0.6) is 0 Å². The Morgan fingerprint density at radius 3 is 2.47 bits per heavy atom.